The van der Waals surface area contributed by atoms with Gasteiger partial charge in [-0.1, -0.05) is 36.4 Å². The van der Waals surface area contributed by atoms with Gasteiger partial charge in [-0.25, -0.2) is 8.42 Å². The van der Waals surface area contributed by atoms with Gasteiger partial charge < -0.3 is 9.47 Å². The van der Waals surface area contributed by atoms with E-state index < -0.39 is 26.2 Å². The lowest BCUT2D eigenvalue weighted by Gasteiger charge is -2.13. The van der Waals surface area contributed by atoms with Gasteiger partial charge in [0, 0.05) is 11.5 Å². The highest BCUT2D eigenvalue weighted by Gasteiger charge is 2.28. The maximum atomic E-state index is 13.2. The molecule has 0 unspecified atom stereocenters. The zero-order valence-corrected chi connectivity index (χ0v) is 17.1. The molecule has 0 aliphatic carbocycles. The van der Waals surface area contributed by atoms with Gasteiger partial charge in [0.15, 0.2) is 9.84 Å². The molecule has 0 spiro atoms. The molecule has 0 N–H and O–H groups in total. The monoisotopic (exact) mass is 435 g/mol. The minimum absolute atomic E-state index is 0.0214. The van der Waals surface area contributed by atoms with Crippen LogP contribution in [-0.2, 0) is 15.6 Å². The lowest BCUT2D eigenvalue weighted by molar-refractivity contribution is -0.386. The Morgan fingerprint density at radius 2 is 1.83 bits per heavy atom. The topological polar surface area (TPSA) is 95.7 Å². The number of sulfone groups is 1. The number of alkyl halides is 1. The average molecular weight is 436 g/mol. The summed E-state index contributed by atoms with van der Waals surface area (Å²) in [4.78, 5) is 11.1. The molecule has 9 heteroatoms. The highest BCUT2D eigenvalue weighted by Crippen LogP contribution is 2.38. The third-order valence-corrected chi connectivity index (χ3v) is 6.18. The number of rotatable bonds is 8. The first-order chi connectivity index (χ1) is 13.9. The van der Waals surface area contributed by atoms with E-state index in [2.05, 4.69) is 0 Å². The van der Waals surface area contributed by atoms with Crippen molar-refractivity contribution >= 4 is 37.9 Å². The Morgan fingerprint density at radius 1 is 1.10 bits per heavy atom. The van der Waals surface area contributed by atoms with Crippen LogP contribution in [0.4, 0.5) is 5.69 Å². The zero-order valence-electron chi connectivity index (χ0n) is 15.5. The molecule has 3 aromatic carbocycles. The van der Waals surface area contributed by atoms with E-state index in [4.69, 9.17) is 21.1 Å². The number of fused-ring (bicyclic) bond motifs is 1. The predicted octanol–water partition coefficient (Wildman–Crippen LogP) is 4.35. The van der Waals surface area contributed by atoms with E-state index in [1.165, 1.54) is 25.3 Å². The summed E-state index contributed by atoms with van der Waals surface area (Å²) in [5, 5.41) is 13.0. The number of hydrogen-bond donors (Lipinski definition) is 0. The van der Waals surface area contributed by atoms with Gasteiger partial charge in [-0.15, -0.1) is 11.6 Å². The number of nitrogens with zero attached hydrogens (tertiary/aromatic N) is 1. The smallest absolute Gasteiger partial charge is 0.315 e. The van der Waals surface area contributed by atoms with Gasteiger partial charge in [0.2, 0.25) is 5.75 Å². The molecule has 0 saturated heterocycles. The maximum Gasteiger partial charge on any atom is 0.315 e. The van der Waals surface area contributed by atoms with Gasteiger partial charge in [-0.3, -0.25) is 10.1 Å². The van der Waals surface area contributed by atoms with E-state index in [-0.39, 0.29) is 34.4 Å². The van der Waals surface area contributed by atoms with Crippen LogP contribution in [0.2, 0.25) is 0 Å². The van der Waals surface area contributed by atoms with Gasteiger partial charge in [-0.2, -0.15) is 0 Å². The molecule has 0 heterocycles. The summed E-state index contributed by atoms with van der Waals surface area (Å²) in [6.45, 7) is 0.0328. The van der Waals surface area contributed by atoms with Crippen LogP contribution in [0, 0.1) is 10.1 Å². The second-order valence-corrected chi connectivity index (χ2v) is 8.50. The van der Waals surface area contributed by atoms with Crippen LogP contribution in [0.15, 0.2) is 59.5 Å². The third kappa shape index (κ3) is 4.44. The summed E-state index contributed by atoms with van der Waals surface area (Å²) in [6, 6.07) is 14.7. The Morgan fingerprint density at radius 3 is 2.52 bits per heavy atom. The average Bonchev–Trinajstić information content (AvgIpc) is 2.70. The van der Waals surface area contributed by atoms with Crippen LogP contribution in [0.25, 0.3) is 10.8 Å². The van der Waals surface area contributed by atoms with Gasteiger partial charge in [0.25, 0.3) is 0 Å². The minimum atomic E-state index is -3.90. The van der Waals surface area contributed by atoms with Crippen molar-refractivity contribution < 1.29 is 22.8 Å². The van der Waals surface area contributed by atoms with E-state index in [1.54, 1.807) is 30.3 Å². The second kappa shape index (κ2) is 8.67. The zero-order chi connectivity index (χ0) is 21.0. The Hall–Kier alpha value is -2.84. The number of nitro benzene ring substituents is 1. The van der Waals surface area contributed by atoms with E-state index in [0.29, 0.717) is 5.39 Å². The first-order valence-corrected chi connectivity index (χ1v) is 10.8. The molecule has 0 radical (unpaired) electrons. The summed E-state index contributed by atoms with van der Waals surface area (Å²) in [7, 11) is -2.52. The van der Waals surface area contributed by atoms with Gasteiger partial charge >= 0.3 is 5.69 Å². The lowest BCUT2D eigenvalue weighted by Crippen LogP contribution is -2.10. The van der Waals surface area contributed by atoms with Crippen molar-refractivity contribution in [2.75, 3.05) is 19.6 Å². The van der Waals surface area contributed by atoms with Crippen molar-refractivity contribution in [2.24, 2.45) is 0 Å². The molecule has 3 rings (SSSR count). The van der Waals surface area contributed by atoms with Crippen LogP contribution >= 0.6 is 11.6 Å². The normalized spacial score (nSPS) is 11.4. The fourth-order valence-corrected chi connectivity index (χ4v) is 4.75. The number of hydrogen-bond acceptors (Lipinski definition) is 6. The molecule has 0 aromatic heterocycles. The molecular formula is C20H18ClNO6S. The first-order valence-electron chi connectivity index (χ1n) is 8.62. The second-order valence-electron chi connectivity index (χ2n) is 6.16. The molecule has 0 aliphatic heterocycles. The van der Waals surface area contributed by atoms with Crippen LogP contribution < -0.4 is 9.47 Å². The van der Waals surface area contributed by atoms with Gasteiger partial charge in [-0.05, 0) is 17.5 Å². The number of ether oxygens (including phenoxy) is 2. The third-order valence-electron chi connectivity index (χ3n) is 4.31. The van der Waals surface area contributed by atoms with Crippen LogP contribution in [0.1, 0.15) is 5.56 Å². The Kier molecular flexibility index (Phi) is 6.24. The molecule has 3 aromatic rings. The molecule has 7 nitrogen and oxygen atoms in total. The highest BCUT2D eigenvalue weighted by atomic mass is 35.5. The summed E-state index contributed by atoms with van der Waals surface area (Å²) >= 11 is 5.62. The van der Waals surface area contributed by atoms with Gasteiger partial charge in [0.05, 0.1) is 34.1 Å². The Bertz CT molecular complexity index is 1160. The molecule has 0 atom stereocenters. The molecule has 0 bridgehead atoms. The van der Waals surface area contributed by atoms with Crippen molar-refractivity contribution in [3.63, 3.8) is 0 Å². The van der Waals surface area contributed by atoms with Crippen molar-refractivity contribution in [1.82, 2.24) is 0 Å². The molecule has 29 heavy (non-hydrogen) atoms. The Labute approximate surface area is 172 Å². The Balaban J connectivity index is 2.13. The minimum Gasteiger partial charge on any atom is -0.497 e. The molecule has 0 amide bonds. The molecular weight excluding hydrogens is 418 g/mol. The number of benzene rings is 3. The quantitative estimate of drug-likeness (QED) is 0.296. The van der Waals surface area contributed by atoms with E-state index in [1.807, 2.05) is 6.07 Å². The summed E-state index contributed by atoms with van der Waals surface area (Å²) in [5.74, 6) is -0.287. The number of nitro groups is 1. The fraction of sp³-hybridized carbons (Fsp3) is 0.200. The lowest BCUT2D eigenvalue weighted by atomic mass is 10.1. The van der Waals surface area contributed by atoms with E-state index in [9.17, 15) is 18.5 Å². The van der Waals surface area contributed by atoms with Crippen molar-refractivity contribution in [3.05, 3.63) is 70.3 Å². The van der Waals surface area contributed by atoms with E-state index >= 15 is 0 Å². The van der Waals surface area contributed by atoms with Crippen LogP contribution in [0.3, 0.4) is 0 Å². The largest absolute Gasteiger partial charge is 0.497 e. The maximum absolute atomic E-state index is 13.2. The SMILES string of the molecule is COc1cc(CS(=O)(=O)c2cccc3ccccc23)c([N+](=O)[O-])c(OCCCl)c1. The standard InChI is InChI=1S/C20H18ClNO6S/c1-27-16-11-15(20(22(23)24)18(12-16)28-10-9-21)13-29(25,26)19-8-4-6-14-5-2-3-7-17(14)19/h2-8,11-12H,9-10,13H2,1H3. The summed E-state index contributed by atoms with van der Waals surface area (Å²) in [6.07, 6.45) is 0. The van der Waals surface area contributed by atoms with Crippen molar-refractivity contribution in [1.29, 1.82) is 0 Å². The van der Waals surface area contributed by atoms with Crippen molar-refractivity contribution in [2.45, 2.75) is 10.6 Å². The van der Waals surface area contributed by atoms with Crippen molar-refractivity contribution in [3.8, 4) is 11.5 Å². The fourth-order valence-electron chi connectivity index (χ4n) is 3.08. The highest BCUT2D eigenvalue weighted by molar-refractivity contribution is 7.90. The van der Waals surface area contributed by atoms with Gasteiger partial charge in [0.1, 0.15) is 12.4 Å². The summed E-state index contributed by atoms with van der Waals surface area (Å²) < 4.78 is 36.9. The first kappa shape index (κ1) is 20.9. The molecule has 0 fully saturated rings. The van der Waals surface area contributed by atoms with Crippen LogP contribution in [0.5, 0.6) is 11.5 Å². The molecule has 0 aliphatic rings. The van der Waals surface area contributed by atoms with E-state index in [0.717, 1.165) is 5.39 Å². The summed E-state index contributed by atoms with van der Waals surface area (Å²) in [5.41, 5.74) is -0.438. The van der Waals surface area contributed by atoms with Crippen LogP contribution in [-0.4, -0.2) is 32.9 Å². The number of halogens is 1. The molecule has 0 saturated carbocycles. The number of methoxy groups -OCH3 is 1. The molecule has 152 valence electrons. The predicted molar refractivity (Wildman–Crippen MR) is 111 cm³/mol.